The first-order chi connectivity index (χ1) is 38.1. The maximum Gasteiger partial charge on any atom is 0.397 e. The van der Waals surface area contributed by atoms with Gasteiger partial charge in [0.25, 0.3) is 0 Å². The van der Waals surface area contributed by atoms with Crippen molar-refractivity contribution in [3.63, 3.8) is 0 Å². The van der Waals surface area contributed by atoms with Crippen molar-refractivity contribution in [2.24, 2.45) is 0 Å². The van der Waals surface area contributed by atoms with Crippen LogP contribution in [0, 0.1) is 0 Å². The predicted molar refractivity (Wildman–Crippen MR) is 321 cm³/mol. The average Bonchev–Trinajstić information content (AvgIpc) is 3.42. The molecule has 4 N–H and O–H groups in total. The summed E-state index contributed by atoms with van der Waals surface area (Å²) in [7, 11) is -5.08. The van der Waals surface area contributed by atoms with Gasteiger partial charge in [-0.25, -0.2) is 4.18 Å². The van der Waals surface area contributed by atoms with Gasteiger partial charge < -0.3 is 34.3 Å². The predicted octanol–water partition coefficient (Wildman–Crippen LogP) is 15.4. The summed E-state index contributed by atoms with van der Waals surface area (Å²) in [5, 5.41) is 30.9. The minimum absolute atomic E-state index is 0.0163. The molecule has 1 fully saturated rings. The zero-order valence-electron chi connectivity index (χ0n) is 48.2. The van der Waals surface area contributed by atoms with Gasteiger partial charge in [0.05, 0.1) is 19.8 Å². The molecule has 444 valence electrons. The summed E-state index contributed by atoms with van der Waals surface area (Å²) in [6, 6.07) is 0. The second-order valence-corrected chi connectivity index (χ2v) is 20.9. The van der Waals surface area contributed by atoms with Gasteiger partial charge in [-0.05, 0) is 109 Å². The Balaban J connectivity index is 2.32. The van der Waals surface area contributed by atoms with Crippen molar-refractivity contribution in [3.05, 3.63) is 134 Å². The van der Waals surface area contributed by atoms with Gasteiger partial charge in [0, 0.05) is 13.0 Å². The van der Waals surface area contributed by atoms with Crippen molar-refractivity contribution in [1.82, 2.24) is 0 Å². The average molecular weight is 1110 g/mol. The molecule has 0 amide bonds. The van der Waals surface area contributed by atoms with Gasteiger partial charge >= 0.3 is 16.4 Å². The molecule has 6 unspecified atom stereocenters. The molecule has 0 aromatic heterocycles. The molecule has 0 aromatic rings. The number of unbranched alkanes of at least 4 members (excludes halogenated alkanes) is 16. The Kier molecular flexibility index (Phi) is 49.9. The highest BCUT2D eigenvalue weighted by atomic mass is 32.3. The Morgan fingerprint density at radius 3 is 1.23 bits per heavy atom. The van der Waals surface area contributed by atoms with Crippen molar-refractivity contribution in [1.29, 1.82) is 0 Å². The monoisotopic (exact) mass is 1110 g/mol. The fourth-order valence-corrected chi connectivity index (χ4v) is 8.86. The fraction of sp³-hybridized carbons (Fsp3) is 0.646. The highest BCUT2D eigenvalue weighted by molar-refractivity contribution is 7.80. The van der Waals surface area contributed by atoms with Crippen LogP contribution in [0.25, 0.3) is 0 Å². The van der Waals surface area contributed by atoms with Gasteiger partial charge in [0.1, 0.15) is 30.5 Å². The third-order valence-corrected chi connectivity index (χ3v) is 13.2. The number of ether oxygens (including phenoxy) is 4. The Morgan fingerprint density at radius 1 is 0.487 bits per heavy atom. The van der Waals surface area contributed by atoms with Crippen molar-refractivity contribution in [3.8, 4) is 0 Å². The lowest BCUT2D eigenvalue weighted by Crippen LogP contribution is -2.60. The maximum atomic E-state index is 13.0. The van der Waals surface area contributed by atoms with Crippen LogP contribution in [0.4, 0.5) is 0 Å². The second-order valence-electron chi connectivity index (χ2n) is 19.8. The molecule has 1 rings (SSSR count). The number of allylic oxidation sites excluding steroid dienone is 22. The van der Waals surface area contributed by atoms with E-state index < -0.39 is 59.8 Å². The topological polar surface area (TPSA) is 178 Å². The molecule has 6 atom stereocenters. The van der Waals surface area contributed by atoms with Crippen LogP contribution in [0.1, 0.15) is 206 Å². The van der Waals surface area contributed by atoms with E-state index in [9.17, 15) is 33.1 Å². The minimum Gasteiger partial charge on any atom is -0.457 e. The zero-order valence-corrected chi connectivity index (χ0v) is 49.0. The van der Waals surface area contributed by atoms with E-state index in [-0.39, 0.29) is 19.6 Å². The minimum atomic E-state index is -5.08. The summed E-state index contributed by atoms with van der Waals surface area (Å²) in [6.45, 7) is 3.73. The molecule has 1 heterocycles. The van der Waals surface area contributed by atoms with Crippen LogP contribution in [0.3, 0.4) is 0 Å². The molecule has 1 saturated heterocycles. The second kappa shape index (κ2) is 53.9. The van der Waals surface area contributed by atoms with Gasteiger partial charge in [-0.15, -0.1) is 0 Å². The zero-order chi connectivity index (χ0) is 56.7. The van der Waals surface area contributed by atoms with Gasteiger partial charge in [-0.2, -0.15) is 8.42 Å². The number of aliphatic hydroxyl groups is 3. The van der Waals surface area contributed by atoms with E-state index >= 15 is 0 Å². The van der Waals surface area contributed by atoms with E-state index in [2.05, 4.69) is 152 Å². The third kappa shape index (κ3) is 46.0. The van der Waals surface area contributed by atoms with Crippen LogP contribution >= 0.6 is 0 Å². The Hall–Kier alpha value is -3.76. The fourth-order valence-electron chi connectivity index (χ4n) is 8.35. The molecule has 1 aliphatic rings. The van der Waals surface area contributed by atoms with Crippen LogP contribution in [0.2, 0.25) is 0 Å². The van der Waals surface area contributed by atoms with Crippen LogP contribution < -0.4 is 0 Å². The van der Waals surface area contributed by atoms with E-state index in [0.29, 0.717) is 13.0 Å². The van der Waals surface area contributed by atoms with Gasteiger partial charge in [-0.1, -0.05) is 225 Å². The van der Waals surface area contributed by atoms with Crippen molar-refractivity contribution in [2.75, 3.05) is 26.4 Å². The van der Waals surface area contributed by atoms with Gasteiger partial charge in [-0.3, -0.25) is 9.35 Å². The van der Waals surface area contributed by atoms with Crippen LogP contribution in [-0.4, -0.2) is 97.5 Å². The Labute approximate surface area is 473 Å². The first-order valence-corrected chi connectivity index (χ1v) is 31.3. The molecule has 78 heavy (non-hydrogen) atoms. The van der Waals surface area contributed by atoms with Crippen molar-refractivity contribution in [2.45, 2.75) is 243 Å². The van der Waals surface area contributed by atoms with Crippen molar-refractivity contribution >= 4 is 16.4 Å². The maximum absolute atomic E-state index is 13.0. The molecule has 1 aliphatic heterocycles. The normalized spacial score (nSPS) is 19.4. The van der Waals surface area contributed by atoms with E-state index in [4.69, 9.17) is 18.9 Å². The van der Waals surface area contributed by atoms with Crippen LogP contribution in [-0.2, 0) is 38.3 Å². The summed E-state index contributed by atoms with van der Waals surface area (Å²) in [5.41, 5.74) is 0. The van der Waals surface area contributed by atoms with E-state index in [0.717, 1.165) is 128 Å². The third-order valence-electron chi connectivity index (χ3n) is 12.8. The van der Waals surface area contributed by atoms with Gasteiger partial charge in [0.2, 0.25) is 0 Å². The van der Waals surface area contributed by atoms with E-state index in [1.807, 2.05) is 0 Å². The SMILES string of the molecule is CC/C=C\C/C=C\C/C=C\C/C=C\C/C=C\C/C=C\CCCCCCCCCOCC(COC1OC(CO)C(O)C(OS(=O)(=O)O)C1O)OC(=O)CCCCCCCCCCC/C=C\C/C=C\C/C=C\C/C=C\C/C=C\CC. The Bertz CT molecular complexity index is 1860. The highest BCUT2D eigenvalue weighted by Gasteiger charge is 2.48. The molecular formula is C65H106O12S. The molecular weight excluding hydrogens is 1000 g/mol. The van der Waals surface area contributed by atoms with Gasteiger partial charge in [0.15, 0.2) is 6.29 Å². The number of carbonyl (C=O) groups excluding carboxylic acids is 1. The quantitative estimate of drug-likeness (QED) is 0.0196. The van der Waals surface area contributed by atoms with Crippen molar-refractivity contribution < 1.29 is 56.2 Å². The molecule has 12 nitrogen and oxygen atoms in total. The summed E-state index contributed by atoms with van der Waals surface area (Å²) in [6.07, 6.45) is 70.5. The molecule has 0 aromatic carbocycles. The first-order valence-electron chi connectivity index (χ1n) is 29.9. The number of hydrogen-bond acceptors (Lipinski definition) is 11. The van der Waals surface area contributed by atoms with Crippen LogP contribution in [0.5, 0.6) is 0 Å². The summed E-state index contributed by atoms with van der Waals surface area (Å²) < 4.78 is 59.5. The summed E-state index contributed by atoms with van der Waals surface area (Å²) in [5.74, 6) is -0.415. The smallest absolute Gasteiger partial charge is 0.397 e. The summed E-state index contributed by atoms with van der Waals surface area (Å²) in [4.78, 5) is 13.0. The lowest BCUT2D eigenvalue weighted by Gasteiger charge is -2.41. The standard InChI is InChI=1S/C65H106O12S/c1-3-5-7-9-11-13-15-17-19-21-23-25-27-29-31-33-35-37-39-41-43-45-47-49-51-53-55-73-57-59(58-74-65-63(69)64(77-78(70,71)72)62(68)60(56-66)76-65)75-61(67)54-52-50-48-46-44-42-40-38-36-34-32-30-28-26-24-22-20-18-16-14-12-10-8-6-4-2/h5-8,11-14,17-20,23-26,29-32,35,37,59-60,62-66,68-69H,3-4,9-10,15-16,21-22,27-28,33-34,36,38-58H2,1-2H3,(H,70,71,72)/b7-5-,8-6-,13-11-,14-12-,19-17-,20-18-,25-23-,26-24-,31-29-,32-30-,37-35-. The largest absolute Gasteiger partial charge is 0.457 e. The number of aliphatic hydroxyl groups excluding tert-OH is 3. The number of esters is 1. The highest BCUT2D eigenvalue weighted by Crippen LogP contribution is 2.26. The molecule has 0 bridgehead atoms. The van der Waals surface area contributed by atoms with E-state index in [1.54, 1.807) is 0 Å². The molecule has 0 spiro atoms. The number of hydrogen-bond donors (Lipinski definition) is 4. The molecule has 13 heteroatoms. The summed E-state index contributed by atoms with van der Waals surface area (Å²) >= 11 is 0. The first kappa shape index (κ1) is 72.3. The lowest BCUT2D eigenvalue weighted by molar-refractivity contribution is -0.301. The Morgan fingerprint density at radius 2 is 0.846 bits per heavy atom. The molecule has 0 saturated carbocycles. The van der Waals surface area contributed by atoms with Crippen LogP contribution in [0.15, 0.2) is 134 Å². The molecule has 0 aliphatic carbocycles. The number of carbonyl (C=O) groups is 1. The lowest BCUT2D eigenvalue weighted by atomic mass is 9.99. The number of rotatable bonds is 51. The van der Waals surface area contributed by atoms with E-state index in [1.165, 1.54) is 51.4 Å². The molecule has 0 radical (unpaired) electrons.